The third-order valence-electron chi connectivity index (χ3n) is 3.04. The molecule has 0 spiro atoms. The number of aliphatic hydroxyl groups is 1. The summed E-state index contributed by atoms with van der Waals surface area (Å²) < 4.78 is 0. The van der Waals surface area contributed by atoms with E-state index < -0.39 is 6.04 Å². The van der Waals surface area contributed by atoms with E-state index in [9.17, 15) is 4.79 Å². The van der Waals surface area contributed by atoms with Crippen LogP contribution >= 0.6 is 0 Å². The van der Waals surface area contributed by atoms with Gasteiger partial charge in [-0.05, 0) is 24.7 Å². The summed E-state index contributed by atoms with van der Waals surface area (Å²) >= 11 is 0. The highest BCUT2D eigenvalue weighted by molar-refractivity contribution is 5.81. The minimum absolute atomic E-state index is 0.0639. The zero-order chi connectivity index (χ0) is 12.6. The van der Waals surface area contributed by atoms with Crippen LogP contribution in [-0.2, 0) is 4.79 Å². The van der Waals surface area contributed by atoms with Gasteiger partial charge in [-0.15, -0.1) is 0 Å². The second kappa shape index (κ2) is 8.53. The molecule has 0 aliphatic carbocycles. The van der Waals surface area contributed by atoms with Gasteiger partial charge in [-0.25, -0.2) is 0 Å². The first-order valence-corrected chi connectivity index (χ1v) is 6.17. The van der Waals surface area contributed by atoms with Crippen LogP contribution in [0.4, 0.5) is 0 Å². The van der Waals surface area contributed by atoms with Gasteiger partial charge in [0.25, 0.3) is 0 Å². The molecule has 2 unspecified atom stereocenters. The highest BCUT2D eigenvalue weighted by Gasteiger charge is 2.18. The number of hydrogen-bond acceptors (Lipinski definition) is 3. The molecule has 4 nitrogen and oxygen atoms in total. The summed E-state index contributed by atoms with van der Waals surface area (Å²) in [4.78, 5) is 11.6. The Morgan fingerprint density at radius 3 is 2.56 bits per heavy atom. The summed E-state index contributed by atoms with van der Waals surface area (Å²) in [6.07, 6.45) is 2.73. The number of hydrogen-bond donors (Lipinski definition) is 3. The molecular weight excluding hydrogens is 204 g/mol. The van der Waals surface area contributed by atoms with Crippen molar-refractivity contribution in [3.63, 3.8) is 0 Å². The van der Waals surface area contributed by atoms with Crippen LogP contribution in [0.3, 0.4) is 0 Å². The molecule has 0 aromatic carbocycles. The first-order valence-electron chi connectivity index (χ1n) is 6.17. The molecule has 0 aromatic heterocycles. The van der Waals surface area contributed by atoms with Gasteiger partial charge in [0.2, 0.25) is 5.91 Å². The smallest absolute Gasteiger partial charge is 0.237 e. The van der Waals surface area contributed by atoms with Crippen molar-refractivity contribution in [2.24, 2.45) is 17.6 Å². The fourth-order valence-corrected chi connectivity index (χ4v) is 1.38. The van der Waals surface area contributed by atoms with Crippen molar-refractivity contribution >= 4 is 5.91 Å². The fraction of sp³-hybridized carbons (Fsp3) is 0.917. The molecule has 0 bridgehead atoms. The monoisotopic (exact) mass is 230 g/mol. The van der Waals surface area contributed by atoms with E-state index in [-0.39, 0.29) is 18.4 Å². The third kappa shape index (κ3) is 6.08. The molecule has 0 aliphatic heterocycles. The van der Waals surface area contributed by atoms with Crippen LogP contribution in [0, 0.1) is 11.8 Å². The Morgan fingerprint density at radius 1 is 1.44 bits per heavy atom. The van der Waals surface area contributed by atoms with Gasteiger partial charge in [-0.3, -0.25) is 4.79 Å². The molecule has 0 fully saturated rings. The Morgan fingerprint density at radius 2 is 2.06 bits per heavy atom. The first-order chi connectivity index (χ1) is 7.52. The quantitative estimate of drug-likeness (QED) is 0.542. The molecule has 0 radical (unpaired) electrons. The minimum atomic E-state index is -0.403. The zero-order valence-electron chi connectivity index (χ0n) is 10.7. The molecular formula is C12H26N2O2. The number of nitrogens with one attached hydrogen (secondary N) is 1. The predicted octanol–water partition coefficient (Wildman–Crippen LogP) is 0.885. The van der Waals surface area contributed by atoms with Gasteiger partial charge in [0.15, 0.2) is 0 Å². The largest absolute Gasteiger partial charge is 0.396 e. The van der Waals surface area contributed by atoms with Crippen LogP contribution in [-0.4, -0.2) is 30.2 Å². The minimum Gasteiger partial charge on any atom is -0.396 e. The van der Waals surface area contributed by atoms with E-state index >= 15 is 0 Å². The van der Waals surface area contributed by atoms with Crippen molar-refractivity contribution < 1.29 is 9.90 Å². The summed E-state index contributed by atoms with van der Waals surface area (Å²) in [5.74, 6) is 0.461. The Labute approximate surface area is 98.6 Å². The maximum Gasteiger partial charge on any atom is 0.237 e. The van der Waals surface area contributed by atoms with E-state index in [1.807, 2.05) is 20.8 Å². The van der Waals surface area contributed by atoms with Crippen LogP contribution in [0.2, 0.25) is 0 Å². The number of carbonyl (C=O) groups excluding carboxylic acids is 1. The van der Waals surface area contributed by atoms with Gasteiger partial charge in [-0.1, -0.05) is 27.2 Å². The molecule has 96 valence electrons. The highest BCUT2D eigenvalue weighted by atomic mass is 16.3. The molecule has 0 aromatic rings. The predicted molar refractivity (Wildman–Crippen MR) is 65.9 cm³/mol. The molecule has 0 rings (SSSR count). The molecule has 1 amide bonds. The van der Waals surface area contributed by atoms with Crippen LogP contribution in [0.5, 0.6) is 0 Å². The van der Waals surface area contributed by atoms with Gasteiger partial charge in [0.1, 0.15) is 0 Å². The number of rotatable bonds is 8. The molecule has 0 saturated heterocycles. The van der Waals surface area contributed by atoms with Crippen molar-refractivity contribution in [2.75, 3.05) is 13.2 Å². The van der Waals surface area contributed by atoms with Gasteiger partial charge >= 0.3 is 0 Å². The molecule has 0 saturated carbocycles. The maximum absolute atomic E-state index is 11.6. The first kappa shape index (κ1) is 15.4. The van der Waals surface area contributed by atoms with E-state index in [4.69, 9.17) is 10.8 Å². The summed E-state index contributed by atoms with van der Waals surface area (Å²) in [5, 5.41) is 11.7. The Hall–Kier alpha value is -0.610. The lowest BCUT2D eigenvalue weighted by molar-refractivity contribution is -0.123. The topological polar surface area (TPSA) is 75.4 Å². The van der Waals surface area contributed by atoms with E-state index in [0.717, 1.165) is 19.3 Å². The lowest BCUT2D eigenvalue weighted by atomic mass is 9.99. The van der Waals surface area contributed by atoms with E-state index in [0.29, 0.717) is 12.5 Å². The average molecular weight is 230 g/mol. The number of aliphatic hydroxyl groups excluding tert-OH is 1. The SMILES string of the molecule is CCC(C)[C@H](N)C(=O)NCCCC(C)CO. The Balaban J connectivity index is 3.65. The standard InChI is InChI=1S/C12H26N2O2/c1-4-10(3)11(13)12(16)14-7-5-6-9(2)8-15/h9-11,15H,4-8,13H2,1-3H3,(H,14,16)/t9?,10?,11-/m0/s1. The van der Waals surface area contributed by atoms with Crippen molar-refractivity contribution in [3.8, 4) is 0 Å². The summed E-state index contributed by atoms with van der Waals surface area (Å²) in [5.41, 5.74) is 5.79. The lowest BCUT2D eigenvalue weighted by Gasteiger charge is -2.17. The number of carbonyl (C=O) groups is 1. The molecule has 16 heavy (non-hydrogen) atoms. The third-order valence-corrected chi connectivity index (χ3v) is 3.04. The summed E-state index contributed by atoms with van der Waals surface area (Å²) in [6, 6.07) is -0.403. The number of nitrogens with two attached hydrogens (primary N) is 1. The molecule has 4 N–H and O–H groups in total. The van der Waals surface area contributed by atoms with E-state index in [1.165, 1.54) is 0 Å². The number of amides is 1. The maximum atomic E-state index is 11.6. The van der Waals surface area contributed by atoms with Gasteiger partial charge in [0.05, 0.1) is 6.04 Å². The van der Waals surface area contributed by atoms with Crippen LogP contribution in [0.15, 0.2) is 0 Å². The molecule has 4 heteroatoms. The highest BCUT2D eigenvalue weighted by Crippen LogP contribution is 2.06. The normalized spacial score (nSPS) is 16.6. The van der Waals surface area contributed by atoms with Crippen molar-refractivity contribution in [1.82, 2.24) is 5.32 Å². The second-order valence-electron chi connectivity index (χ2n) is 4.63. The summed E-state index contributed by atoms with van der Waals surface area (Å²) in [7, 11) is 0. The fourth-order valence-electron chi connectivity index (χ4n) is 1.38. The van der Waals surface area contributed by atoms with Gasteiger partial charge < -0.3 is 16.2 Å². The van der Waals surface area contributed by atoms with E-state index in [1.54, 1.807) is 0 Å². The average Bonchev–Trinajstić information content (AvgIpc) is 2.31. The van der Waals surface area contributed by atoms with Crippen LogP contribution in [0.1, 0.15) is 40.0 Å². The zero-order valence-corrected chi connectivity index (χ0v) is 10.7. The van der Waals surface area contributed by atoms with Gasteiger partial charge in [0, 0.05) is 13.2 Å². The summed E-state index contributed by atoms with van der Waals surface area (Å²) in [6.45, 7) is 6.86. The molecule has 3 atom stereocenters. The van der Waals surface area contributed by atoms with Crippen LogP contribution < -0.4 is 11.1 Å². The van der Waals surface area contributed by atoms with E-state index in [2.05, 4.69) is 5.32 Å². The Bertz CT molecular complexity index is 197. The molecule has 0 heterocycles. The van der Waals surface area contributed by atoms with Crippen molar-refractivity contribution in [3.05, 3.63) is 0 Å². The Kier molecular flexibility index (Phi) is 8.21. The van der Waals surface area contributed by atoms with Gasteiger partial charge in [-0.2, -0.15) is 0 Å². The molecule has 0 aliphatic rings. The second-order valence-corrected chi connectivity index (χ2v) is 4.63. The van der Waals surface area contributed by atoms with Crippen molar-refractivity contribution in [2.45, 2.75) is 46.1 Å². The van der Waals surface area contributed by atoms with Crippen molar-refractivity contribution in [1.29, 1.82) is 0 Å². The van der Waals surface area contributed by atoms with Crippen LogP contribution in [0.25, 0.3) is 0 Å². The lowest BCUT2D eigenvalue weighted by Crippen LogP contribution is -2.44.